The highest BCUT2D eigenvalue weighted by molar-refractivity contribution is 5.87. The molecule has 0 bridgehead atoms. The Labute approximate surface area is 222 Å². The lowest BCUT2D eigenvalue weighted by molar-refractivity contribution is 0.0417. The van der Waals surface area contributed by atoms with Crippen molar-refractivity contribution in [3.8, 4) is 0 Å². The smallest absolute Gasteiger partial charge is 0.407 e. The zero-order valence-corrected chi connectivity index (χ0v) is 22.4. The zero-order valence-electron chi connectivity index (χ0n) is 22.4. The number of rotatable bonds is 3. The molecule has 2 N–H and O–H groups in total. The van der Waals surface area contributed by atoms with Crippen molar-refractivity contribution in [2.75, 3.05) is 29.4 Å². The highest BCUT2D eigenvalue weighted by Gasteiger charge is 2.62. The Morgan fingerprint density at radius 1 is 1.21 bits per heavy atom. The van der Waals surface area contributed by atoms with E-state index in [1.165, 1.54) is 12.8 Å². The van der Waals surface area contributed by atoms with E-state index in [1.54, 1.807) is 0 Å². The van der Waals surface area contributed by atoms with Gasteiger partial charge in [-0.3, -0.25) is 10.1 Å². The maximum atomic E-state index is 12.6. The highest BCUT2D eigenvalue weighted by Crippen LogP contribution is 2.63. The minimum atomic E-state index is -0.486. The number of hydrogen-bond donors (Lipinski definition) is 2. The van der Waals surface area contributed by atoms with Crippen LogP contribution < -0.4 is 15.1 Å². The third-order valence-electron chi connectivity index (χ3n) is 8.94. The average molecular weight is 517 g/mol. The van der Waals surface area contributed by atoms with Crippen LogP contribution in [0.3, 0.4) is 0 Å². The number of alkyl carbamates (subject to hydrolysis) is 1. The summed E-state index contributed by atoms with van der Waals surface area (Å²) in [4.78, 5) is 31.5. The number of amides is 1. The number of aromatic nitrogens is 5. The van der Waals surface area contributed by atoms with E-state index < -0.39 is 5.60 Å². The standard InChI is InChI=1S/C28H36N8O2/c1-27(2,3)38-26(37)32-23-18-14-17(18)15-28(23)8-12-35(13-9-28)21-16-30-22-24(31-21)33-34-25(22)36-11-5-6-19-20(36)7-4-10-29-19/h4,7,10,16-18,23H,5-6,8-9,11-15H2,1-3H3,(H,32,37)(H,31,33,34)/t17-,18-,23?/m1/s1. The summed E-state index contributed by atoms with van der Waals surface area (Å²) in [6, 6.07) is 4.28. The fraction of sp³-hybridized carbons (Fsp3) is 0.607. The van der Waals surface area contributed by atoms with Crippen LogP contribution in [0.15, 0.2) is 24.5 Å². The SMILES string of the molecule is CC(C)(C)OC(=O)NC1[C@@H]2C[C@@H]2CC12CCN(c1cnc3c(N4CCCc5ncccc54)n[nH]c3n1)CC2. The first-order valence-electron chi connectivity index (χ1n) is 14.0. The molecule has 5 heterocycles. The van der Waals surface area contributed by atoms with E-state index in [0.29, 0.717) is 11.6 Å². The molecule has 2 aliphatic heterocycles. The van der Waals surface area contributed by atoms with Gasteiger partial charge in [-0.05, 0) is 88.7 Å². The van der Waals surface area contributed by atoms with E-state index in [1.807, 2.05) is 39.2 Å². The number of aryl methyl sites for hydroxylation is 1. The molecule has 0 aromatic carbocycles. The van der Waals surface area contributed by atoms with Gasteiger partial charge in [-0.1, -0.05) is 0 Å². The fourth-order valence-electron chi connectivity index (χ4n) is 7.14. The van der Waals surface area contributed by atoms with E-state index in [9.17, 15) is 4.79 Å². The zero-order chi connectivity index (χ0) is 26.1. The van der Waals surface area contributed by atoms with Crippen LogP contribution in [0.4, 0.5) is 22.1 Å². The van der Waals surface area contributed by atoms with Crippen molar-refractivity contribution in [2.45, 2.75) is 70.9 Å². The molecule has 3 fully saturated rings. The average Bonchev–Trinajstić information content (AvgIpc) is 3.41. The van der Waals surface area contributed by atoms with Gasteiger partial charge in [-0.2, -0.15) is 5.10 Å². The number of pyridine rings is 1. The summed E-state index contributed by atoms with van der Waals surface area (Å²) in [6.07, 6.45) is 9.97. The lowest BCUT2D eigenvalue weighted by Crippen LogP contribution is -2.53. The highest BCUT2D eigenvalue weighted by atomic mass is 16.6. The largest absolute Gasteiger partial charge is 0.444 e. The van der Waals surface area contributed by atoms with Gasteiger partial charge in [0.2, 0.25) is 0 Å². The van der Waals surface area contributed by atoms with Gasteiger partial charge in [0.25, 0.3) is 0 Å². The Morgan fingerprint density at radius 3 is 2.87 bits per heavy atom. The van der Waals surface area contributed by atoms with Crippen LogP contribution in [-0.4, -0.2) is 62.5 Å². The first-order valence-corrected chi connectivity index (χ1v) is 14.0. The van der Waals surface area contributed by atoms with Crippen LogP contribution >= 0.6 is 0 Å². The van der Waals surface area contributed by atoms with Gasteiger partial charge in [0, 0.05) is 31.9 Å². The molecular formula is C28H36N8O2. The van der Waals surface area contributed by atoms with E-state index in [2.05, 4.69) is 36.4 Å². The molecule has 38 heavy (non-hydrogen) atoms. The monoisotopic (exact) mass is 516 g/mol. The molecule has 3 aromatic heterocycles. The van der Waals surface area contributed by atoms with Gasteiger partial charge in [-0.15, -0.1) is 0 Å². The molecule has 3 aromatic rings. The number of carbonyl (C=O) groups excluding carboxylic acids is 1. The number of nitrogens with zero attached hydrogens (tertiary/aromatic N) is 6. The third kappa shape index (κ3) is 4.05. The summed E-state index contributed by atoms with van der Waals surface area (Å²) < 4.78 is 5.60. The number of ether oxygens (including phenoxy) is 1. The predicted octanol–water partition coefficient (Wildman–Crippen LogP) is 4.35. The van der Waals surface area contributed by atoms with E-state index >= 15 is 0 Å². The number of hydrogen-bond acceptors (Lipinski definition) is 8. The Morgan fingerprint density at radius 2 is 2.05 bits per heavy atom. The van der Waals surface area contributed by atoms with Gasteiger partial charge in [0.05, 0.1) is 17.6 Å². The van der Waals surface area contributed by atoms with Crippen molar-refractivity contribution >= 4 is 34.6 Å². The van der Waals surface area contributed by atoms with Crippen molar-refractivity contribution in [3.63, 3.8) is 0 Å². The Hall–Kier alpha value is -3.43. The minimum Gasteiger partial charge on any atom is -0.444 e. The fourth-order valence-corrected chi connectivity index (χ4v) is 7.14. The van der Waals surface area contributed by atoms with Gasteiger partial charge >= 0.3 is 6.09 Å². The first kappa shape index (κ1) is 23.7. The predicted molar refractivity (Wildman–Crippen MR) is 144 cm³/mol. The summed E-state index contributed by atoms with van der Waals surface area (Å²) >= 11 is 0. The second-order valence-corrected chi connectivity index (χ2v) is 12.5. The molecule has 1 spiro atoms. The van der Waals surface area contributed by atoms with E-state index in [-0.39, 0.29) is 17.6 Å². The number of anilines is 3. The molecule has 7 rings (SSSR count). The van der Waals surface area contributed by atoms with Crippen LogP contribution in [0.1, 0.15) is 58.6 Å². The molecular weight excluding hydrogens is 480 g/mol. The number of fused-ring (bicyclic) bond motifs is 3. The van der Waals surface area contributed by atoms with Gasteiger partial charge in [0.1, 0.15) is 11.4 Å². The van der Waals surface area contributed by atoms with E-state index in [4.69, 9.17) is 14.7 Å². The number of carbonyl (C=O) groups is 1. The molecule has 0 radical (unpaired) electrons. The molecule has 10 nitrogen and oxygen atoms in total. The summed E-state index contributed by atoms with van der Waals surface area (Å²) in [5.74, 6) is 3.04. The van der Waals surface area contributed by atoms with Crippen LogP contribution in [0.5, 0.6) is 0 Å². The molecule has 10 heteroatoms. The maximum Gasteiger partial charge on any atom is 0.407 e. The van der Waals surface area contributed by atoms with E-state index in [0.717, 1.165) is 79.8 Å². The van der Waals surface area contributed by atoms with Crippen LogP contribution in [0, 0.1) is 17.3 Å². The van der Waals surface area contributed by atoms with Crippen molar-refractivity contribution in [3.05, 3.63) is 30.2 Å². The van der Waals surface area contributed by atoms with Gasteiger partial charge in [-0.25, -0.2) is 14.8 Å². The molecule has 1 unspecified atom stereocenters. The molecule has 4 aliphatic rings. The molecule has 1 amide bonds. The Kier molecular flexibility index (Phi) is 5.32. The second-order valence-electron chi connectivity index (χ2n) is 12.5. The summed E-state index contributed by atoms with van der Waals surface area (Å²) in [5, 5.41) is 11.0. The van der Waals surface area contributed by atoms with Gasteiger partial charge < -0.3 is 19.9 Å². The van der Waals surface area contributed by atoms with Crippen LogP contribution in [-0.2, 0) is 11.2 Å². The maximum absolute atomic E-state index is 12.6. The summed E-state index contributed by atoms with van der Waals surface area (Å²) in [6.45, 7) is 8.43. The lowest BCUT2D eigenvalue weighted by atomic mass is 9.71. The van der Waals surface area contributed by atoms with Gasteiger partial charge in [0.15, 0.2) is 17.0 Å². The van der Waals surface area contributed by atoms with Crippen molar-refractivity contribution in [1.82, 2.24) is 30.5 Å². The Bertz CT molecular complexity index is 1370. The molecule has 200 valence electrons. The minimum absolute atomic E-state index is 0.148. The first-order chi connectivity index (χ1) is 18.3. The topological polar surface area (TPSA) is 112 Å². The second kappa shape index (κ2) is 8.54. The van der Waals surface area contributed by atoms with Crippen LogP contribution in [0.25, 0.3) is 11.2 Å². The third-order valence-corrected chi connectivity index (χ3v) is 8.94. The number of piperidine rings is 1. The lowest BCUT2D eigenvalue weighted by Gasteiger charge is -2.45. The molecule has 2 aliphatic carbocycles. The molecule has 3 atom stereocenters. The molecule has 1 saturated heterocycles. The van der Waals surface area contributed by atoms with Crippen molar-refractivity contribution < 1.29 is 9.53 Å². The summed E-state index contributed by atoms with van der Waals surface area (Å²) in [5.41, 5.74) is 3.36. The number of H-pyrrole nitrogens is 1. The van der Waals surface area contributed by atoms with Crippen molar-refractivity contribution in [2.24, 2.45) is 17.3 Å². The van der Waals surface area contributed by atoms with Crippen molar-refractivity contribution in [1.29, 1.82) is 0 Å². The van der Waals surface area contributed by atoms with Crippen LogP contribution in [0.2, 0.25) is 0 Å². The molecule has 2 saturated carbocycles. The summed E-state index contributed by atoms with van der Waals surface area (Å²) in [7, 11) is 0. The quantitative estimate of drug-likeness (QED) is 0.528. The number of aromatic amines is 1. The number of nitrogens with one attached hydrogen (secondary N) is 2. The normalized spacial score (nSPS) is 25.8. The Balaban J connectivity index is 1.07.